The van der Waals surface area contributed by atoms with E-state index in [2.05, 4.69) is 15.5 Å². The van der Waals surface area contributed by atoms with E-state index in [1.165, 1.54) is 27.5 Å². The van der Waals surface area contributed by atoms with Crippen LogP contribution < -0.4 is 19.6 Å². The summed E-state index contributed by atoms with van der Waals surface area (Å²) in [5.41, 5.74) is 2.68. The van der Waals surface area contributed by atoms with Gasteiger partial charge in [0.25, 0.3) is 0 Å². The summed E-state index contributed by atoms with van der Waals surface area (Å²) in [5.74, 6) is 0.0648. The number of hydrazone groups is 1. The minimum atomic E-state index is -1.35. The Hall–Kier alpha value is -2.42. The van der Waals surface area contributed by atoms with E-state index in [9.17, 15) is 4.79 Å². The fourth-order valence-electron chi connectivity index (χ4n) is 2.07. The molecule has 2 N–H and O–H groups in total. The number of anilines is 1. The van der Waals surface area contributed by atoms with Crippen LogP contribution in [0.3, 0.4) is 0 Å². The number of pyridine rings is 1. The van der Waals surface area contributed by atoms with Crippen LogP contribution in [0.2, 0.25) is 15.2 Å². The first kappa shape index (κ1) is 20.9. The van der Waals surface area contributed by atoms with Crippen LogP contribution in [0.5, 0.6) is 17.2 Å². The molecule has 0 aliphatic heterocycles. The molecule has 2 rings (SSSR count). The van der Waals surface area contributed by atoms with Crippen molar-refractivity contribution in [3.63, 3.8) is 0 Å². The molecule has 0 aliphatic rings. The number of methoxy groups -OCH3 is 3. The monoisotopic (exact) mass is 433 g/mol. The molecule has 0 bridgehead atoms. The van der Waals surface area contributed by atoms with Crippen molar-refractivity contribution in [3.05, 3.63) is 38.6 Å². The minimum absolute atomic E-state index is 0.00595. The van der Waals surface area contributed by atoms with Gasteiger partial charge in [0.05, 0.1) is 33.2 Å². The quantitative estimate of drug-likeness (QED) is 0.382. The fourth-order valence-corrected chi connectivity index (χ4v) is 2.74. The molecule has 2 aromatic rings. The Bertz CT molecular complexity index is 906. The smallest absolute Gasteiger partial charge is 0.356 e. The maximum absolute atomic E-state index is 11.2. The zero-order chi connectivity index (χ0) is 20.1. The van der Waals surface area contributed by atoms with Crippen molar-refractivity contribution >= 4 is 52.7 Å². The van der Waals surface area contributed by atoms with Crippen LogP contribution in [0.4, 0.5) is 5.69 Å². The Morgan fingerprint density at radius 3 is 2.22 bits per heavy atom. The van der Waals surface area contributed by atoms with Crippen molar-refractivity contribution < 1.29 is 24.1 Å². The number of carbonyl (C=O) groups is 1. The average molecular weight is 435 g/mol. The second-order valence-corrected chi connectivity index (χ2v) is 5.99. The number of hydrogen-bond donors (Lipinski definition) is 2. The molecule has 1 heterocycles. The summed E-state index contributed by atoms with van der Waals surface area (Å²) in [4.78, 5) is 14.8. The Kier molecular flexibility index (Phi) is 6.95. The molecular weight excluding hydrogens is 421 g/mol. The van der Waals surface area contributed by atoms with Crippen LogP contribution in [0.15, 0.2) is 17.2 Å². The Balaban J connectivity index is 2.40. The molecule has 1 aromatic carbocycles. The van der Waals surface area contributed by atoms with Crippen LogP contribution in [0.25, 0.3) is 0 Å². The lowest BCUT2D eigenvalue weighted by molar-refractivity contribution is 0.0691. The number of nitrogens with one attached hydrogen (secondary N) is 1. The lowest BCUT2D eigenvalue weighted by atomic mass is 10.2. The van der Waals surface area contributed by atoms with E-state index in [1.807, 2.05) is 0 Å². The van der Waals surface area contributed by atoms with E-state index < -0.39 is 11.7 Å². The van der Waals surface area contributed by atoms with Gasteiger partial charge in [0.15, 0.2) is 22.3 Å². The molecule has 0 saturated heterocycles. The molecule has 0 atom stereocenters. The number of hydrogen-bond acceptors (Lipinski definition) is 7. The van der Waals surface area contributed by atoms with Crippen molar-refractivity contribution in [1.82, 2.24) is 4.98 Å². The standard InChI is InChI=1S/C16H14Cl3N3O5/c1-25-8-5-10(27-3)9(26-2)4-7(8)6-20-22-13-11(17)14(16(23)24)21-15(19)12(13)18/h4-6H,1-3H3,(H,21,22)(H,23,24). The second-order valence-electron chi connectivity index (χ2n) is 4.88. The lowest BCUT2D eigenvalue weighted by Gasteiger charge is -2.12. The minimum Gasteiger partial charge on any atom is -0.496 e. The average Bonchev–Trinajstić information content (AvgIpc) is 2.66. The Morgan fingerprint density at radius 2 is 1.67 bits per heavy atom. The summed E-state index contributed by atoms with van der Waals surface area (Å²) < 4.78 is 15.7. The van der Waals surface area contributed by atoms with Gasteiger partial charge in [-0.25, -0.2) is 9.78 Å². The molecule has 27 heavy (non-hydrogen) atoms. The topological polar surface area (TPSA) is 102 Å². The van der Waals surface area contributed by atoms with Gasteiger partial charge in [0, 0.05) is 11.6 Å². The number of aromatic carboxylic acids is 1. The number of benzene rings is 1. The van der Waals surface area contributed by atoms with Gasteiger partial charge in [-0.15, -0.1) is 0 Å². The van der Waals surface area contributed by atoms with Gasteiger partial charge in [-0.1, -0.05) is 34.8 Å². The largest absolute Gasteiger partial charge is 0.496 e. The van der Waals surface area contributed by atoms with Crippen molar-refractivity contribution in [2.45, 2.75) is 0 Å². The predicted octanol–water partition coefficient (Wildman–Crippen LogP) is 4.21. The van der Waals surface area contributed by atoms with Crippen molar-refractivity contribution in [3.8, 4) is 17.2 Å². The van der Waals surface area contributed by atoms with Crippen molar-refractivity contribution in [2.75, 3.05) is 26.8 Å². The van der Waals surface area contributed by atoms with E-state index in [0.717, 1.165) is 0 Å². The highest BCUT2D eigenvalue weighted by Crippen LogP contribution is 2.37. The number of carboxylic acid groups (broad SMARTS) is 1. The molecule has 144 valence electrons. The van der Waals surface area contributed by atoms with Gasteiger partial charge in [0.2, 0.25) is 0 Å². The highest BCUT2D eigenvalue weighted by Gasteiger charge is 2.20. The molecule has 0 radical (unpaired) electrons. The van der Waals surface area contributed by atoms with E-state index in [1.54, 1.807) is 12.1 Å². The zero-order valence-corrected chi connectivity index (χ0v) is 16.6. The first-order valence-corrected chi connectivity index (χ1v) is 8.34. The van der Waals surface area contributed by atoms with Gasteiger partial charge in [0.1, 0.15) is 15.8 Å². The van der Waals surface area contributed by atoms with Gasteiger partial charge in [-0.3, -0.25) is 5.43 Å². The Morgan fingerprint density at radius 1 is 1.07 bits per heavy atom. The summed E-state index contributed by atoms with van der Waals surface area (Å²) in [6.07, 6.45) is 1.40. The van der Waals surface area contributed by atoms with Crippen LogP contribution in [-0.4, -0.2) is 43.6 Å². The van der Waals surface area contributed by atoms with E-state index in [-0.39, 0.29) is 20.9 Å². The number of nitrogens with zero attached hydrogens (tertiary/aromatic N) is 2. The first-order chi connectivity index (χ1) is 12.8. The van der Waals surface area contributed by atoms with Crippen molar-refractivity contribution in [2.24, 2.45) is 5.10 Å². The number of rotatable bonds is 7. The second kappa shape index (κ2) is 8.98. The van der Waals surface area contributed by atoms with Crippen LogP contribution in [0, 0.1) is 0 Å². The highest BCUT2D eigenvalue weighted by molar-refractivity contribution is 6.46. The summed E-state index contributed by atoms with van der Waals surface area (Å²) in [6, 6.07) is 3.28. The number of halogens is 3. The molecule has 0 amide bonds. The van der Waals surface area contributed by atoms with Crippen LogP contribution >= 0.6 is 34.8 Å². The molecule has 8 nitrogen and oxygen atoms in total. The Labute approximate surface area is 169 Å². The fraction of sp³-hybridized carbons (Fsp3) is 0.188. The summed E-state index contributed by atoms with van der Waals surface area (Å²) in [7, 11) is 4.49. The molecule has 0 saturated carbocycles. The maximum atomic E-state index is 11.2. The predicted molar refractivity (Wildman–Crippen MR) is 104 cm³/mol. The third-order valence-corrected chi connectivity index (χ3v) is 4.46. The molecule has 0 aliphatic carbocycles. The van der Waals surface area contributed by atoms with Gasteiger partial charge in [-0.05, 0) is 6.07 Å². The number of aromatic nitrogens is 1. The normalized spacial score (nSPS) is 10.7. The SMILES string of the molecule is COc1cc(OC)c(OC)cc1C=NNc1c(Cl)c(Cl)nc(C(=O)O)c1Cl. The van der Waals surface area contributed by atoms with E-state index in [4.69, 9.17) is 54.1 Å². The molecule has 0 fully saturated rings. The van der Waals surface area contributed by atoms with Gasteiger partial charge < -0.3 is 19.3 Å². The first-order valence-electron chi connectivity index (χ1n) is 7.20. The van der Waals surface area contributed by atoms with Crippen LogP contribution in [0.1, 0.15) is 16.1 Å². The van der Waals surface area contributed by atoms with E-state index >= 15 is 0 Å². The molecule has 11 heteroatoms. The molecule has 0 unspecified atom stereocenters. The van der Waals surface area contributed by atoms with Gasteiger partial charge in [-0.2, -0.15) is 5.10 Å². The van der Waals surface area contributed by atoms with E-state index in [0.29, 0.717) is 22.8 Å². The third kappa shape index (κ3) is 4.47. The zero-order valence-electron chi connectivity index (χ0n) is 14.3. The maximum Gasteiger partial charge on any atom is 0.356 e. The van der Waals surface area contributed by atoms with Gasteiger partial charge >= 0.3 is 5.97 Å². The number of ether oxygens (including phenoxy) is 3. The third-order valence-electron chi connectivity index (χ3n) is 3.36. The summed E-state index contributed by atoms with van der Waals surface area (Å²) in [5, 5.41) is 12.6. The van der Waals surface area contributed by atoms with Crippen molar-refractivity contribution in [1.29, 1.82) is 0 Å². The van der Waals surface area contributed by atoms with Crippen LogP contribution in [-0.2, 0) is 0 Å². The number of carboxylic acids is 1. The summed E-state index contributed by atoms with van der Waals surface area (Å²) in [6.45, 7) is 0. The molecule has 1 aromatic heterocycles. The highest BCUT2D eigenvalue weighted by atomic mass is 35.5. The summed E-state index contributed by atoms with van der Waals surface area (Å²) >= 11 is 17.9. The molecular formula is C16H14Cl3N3O5. The lowest BCUT2D eigenvalue weighted by Crippen LogP contribution is -2.05. The molecule has 0 spiro atoms.